The normalized spacial score (nSPS) is 20.2. The Kier molecular flexibility index (Phi) is 6.09. The fourth-order valence-corrected chi connectivity index (χ4v) is 2.87. The molecule has 0 bridgehead atoms. The van der Waals surface area contributed by atoms with Gasteiger partial charge in [0.25, 0.3) is 0 Å². The van der Waals surface area contributed by atoms with Crippen molar-refractivity contribution in [2.45, 2.75) is 64.0 Å². The molecule has 0 saturated heterocycles. The Balaban J connectivity index is 2.31. The van der Waals surface area contributed by atoms with E-state index in [9.17, 15) is 9.90 Å². The van der Waals surface area contributed by atoms with Crippen molar-refractivity contribution in [3.63, 3.8) is 0 Å². The van der Waals surface area contributed by atoms with Crippen molar-refractivity contribution in [1.82, 2.24) is 10.2 Å². The molecule has 0 spiro atoms. The molecule has 0 aromatic rings. The van der Waals surface area contributed by atoms with Crippen LogP contribution in [0, 0.1) is 0 Å². The molecule has 0 heterocycles. The van der Waals surface area contributed by atoms with Gasteiger partial charge in [0.05, 0.1) is 0 Å². The molecular weight excluding hydrogens is 228 g/mol. The van der Waals surface area contributed by atoms with Gasteiger partial charge in [-0.2, -0.15) is 0 Å². The molecule has 1 unspecified atom stereocenters. The van der Waals surface area contributed by atoms with Crippen LogP contribution in [0.4, 0.5) is 0 Å². The van der Waals surface area contributed by atoms with Crippen molar-refractivity contribution in [3.8, 4) is 0 Å². The predicted molar refractivity (Wildman–Crippen MR) is 73.8 cm³/mol. The molecule has 1 aliphatic carbocycles. The highest BCUT2D eigenvalue weighted by Gasteiger charge is 2.31. The van der Waals surface area contributed by atoms with Crippen LogP contribution in [-0.4, -0.2) is 47.7 Å². The second-order valence-corrected chi connectivity index (χ2v) is 5.69. The van der Waals surface area contributed by atoms with Crippen LogP contribution < -0.4 is 5.32 Å². The van der Waals surface area contributed by atoms with Crippen LogP contribution in [0.2, 0.25) is 0 Å². The number of likely N-dealkylation sites (N-methyl/N-ethyl adjacent to an activating group) is 1. The molecule has 0 aliphatic heterocycles. The van der Waals surface area contributed by atoms with E-state index >= 15 is 0 Å². The van der Waals surface area contributed by atoms with Crippen LogP contribution >= 0.6 is 0 Å². The molecule has 1 saturated carbocycles. The summed E-state index contributed by atoms with van der Waals surface area (Å²) < 4.78 is 0. The monoisotopic (exact) mass is 256 g/mol. The molecule has 18 heavy (non-hydrogen) atoms. The average molecular weight is 256 g/mol. The van der Waals surface area contributed by atoms with Gasteiger partial charge in [-0.05, 0) is 52.7 Å². The van der Waals surface area contributed by atoms with Gasteiger partial charge < -0.3 is 15.3 Å². The number of carboxylic acids is 1. The lowest BCUT2D eigenvalue weighted by atomic mass is 9.95. The Bertz CT molecular complexity index is 265. The van der Waals surface area contributed by atoms with Crippen LogP contribution in [0.15, 0.2) is 0 Å². The lowest BCUT2D eigenvalue weighted by molar-refractivity contribution is -0.144. The lowest BCUT2D eigenvalue weighted by Gasteiger charge is -2.28. The van der Waals surface area contributed by atoms with E-state index in [0.717, 1.165) is 19.0 Å². The van der Waals surface area contributed by atoms with Crippen molar-refractivity contribution < 1.29 is 9.90 Å². The fourth-order valence-electron chi connectivity index (χ4n) is 2.87. The van der Waals surface area contributed by atoms with Crippen LogP contribution in [0.3, 0.4) is 0 Å². The Labute approximate surface area is 111 Å². The van der Waals surface area contributed by atoms with Gasteiger partial charge in [-0.25, -0.2) is 0 Å². The summed E-state index contributed by atoms with van der Waals surface area (Å²) in [5, 5.41) is 12.3. The Hall–Kier alpha value is -0.610. The van der Waals surface area contributed by atoms with Crippen LogP contribution in [0.25, 0.3) is 0 Å². The molecule has 4 heteroatoms. The van der Waals surface area contributed by atoms with Gasteiger partial charge in [-0.15, -0.1) is 0 Å². The maximum atomic E-state index is 11.3. The van der Waals surface area contributed by atoms with Crippen LogP contribution in [-0.2, 0) is 4.79 Å². The number of carboxylic acid groups (broad SMARTS) is 1. The molecule has 4 nitrogen and oxygen atoms in total. The van der Waals surface area contributed by atoms with Gasteiger partial charge in [0.1, 0.15) is 5.54 Å². The molecule has 0 aromatic carbocycles. The molecule has 1 rings (SSSR count). The minimum Gasteiger partial charge on any atom is -0.480 e. The van der Waals surface area contributed by atoms with E-state index in [1.54, 1.807) is 6.92 Å². The second kappa shape index (κ2) is 7.10. The topological polar surface area (TPSA) is 52.6 Å². The number of nitrogens with zero attached hydrogens (tertiary/aromatic N) is 1. The molecule has 2 N–H and O–H groups in total. The van der Waals surface area contributed by atoms with Crippen molar-refractivity contribution >= 4 is 5.97 Å². The first-order chi connectivity index (χ1) is 8.49. The van der Waals surface area contributed by atoms with E-state index in [4.69, 9.17) is 0 Å². The summed E-state index contributed by atoms with van der Waals surface area (Å²) in [5.41, 5.74) is -0.773. The highest BCUT2D eigenvalue weighted by molar-refractivity contribution is 5.78. The third kappa shape index (κ3) is 4.25. The summed E-state index contributed by atoms with van der Waals surface area (Å²) in [5.74, 6) is -0.743. The van der Waals surface area contributed by atoms with E-state index in [1.807, 2.05) is 6.92 Å². The van der Waals surface area contributed by atoms with Crippen molar-refractivity contribution in [2.75, 3.05) is 20.1 Å². The van der Waals surface area contributed by atoms with Gasteiger partial charge in [0.2, 0.25) is 0 Å². The van der Waals surface area contributed by atoms with Gasteiger partial charge in [0, 0.05) is 6.04 Å². The number of carbonyl (C=O) groups is 1. The third-order valence-corrected chi connectivity index (χ3v) is 4.17. The lowest BCUT2D eigenvalue weighted by Crippen LogP contribution is -2.49. The number of nitrogens with one attached hydrogen (secondary N) is 1. The fraction of sp³-hybridized carbons (Fsp3) is 0.929. The van der Waals surface area contributed by atoms with Crippen molar-refractivity contribution in [1.29, 1.82) is 0 Å². The molecule has 1 atom stereocenters. The average Bonchev–Trinajstić information content (AvgIpc) is 2.82. The summed E-state index contributed by atoms with van der Waals surface area (Å²) in [7, 11) is 2.17. The molecule has 0 radical (unpaired) electrons. The zero-order valence-electron chi connectivity index (χ0n) is 12.0. The summed E-state index contributed by atoms with van der Waals surface area (Å²) in [4.78, 5) is 13.7. The first-order valence-electron chi connectivity index (χ1n) is 7.18. The SMILES string of the molecule is CCNC(C)(CCCN(C)C1CCCC1)C(=O)O. The Morgan fingerprint density at radius 3 is 2.56 bits per heavy atom. The van der Waals surface area contributed by atoms with E-state index in [1.165, 1.54) is 25.7 Å². The van der Waals surface area contributed by atoms with Gasteiger partial charge in [-0.3, -0.25) is 4.79 Å². The Morgan fingerprint density at radius 2 is 2.06 bits per heavy atom. The van der Waals surface area contributed by atoms with Crippen molar-refractivity contribution in [3.05, 3.63) is 0 Å². The molecule has 1 aliphatic rings. The summed E-state index contributed by atoms with van der Waals surface area (Å²) in [6.07, 6.45) is 6.92. The van der Waals surface area contributed by atoms with E-state index in [-0.39, 0.29) is 0 Å². The maximum Gasteiger partial charge on any atom is 0.323 e. The Morgan fingerprint density at radius 1 is 1.44 bits per heavy atom. The summed E-state index contributed by atoms with van der Waals surface area (Å²) >= 11 is 0. The van der Waals surface area contributed by atoms with Gasteiger partial charge >= 0.3 is 5.97 Å². The maximum absolute atomic E-state index is 11.3. The number of aliphatic carboxylic acids is 1. The van der Waals surface area contributed by atoms with Gasteiger partial charge in [0.15, 0.2) is 0 Å². The van der Waals surface area contributed by atoms with Crippen LogP contribution in [0.1, 0.15) is 52.4 Å². The molecule has 106 valence electrons. The molecule has 0 amide bonds. The van der Waals surface area contributed by atoms with E-state index in [2.05, 4.69) is 17.3 Å². The zero-order chi connectivity index (χ0) is 13.6. The highest BCUT2D eigenvalue weighted by atomic mass is 16.4. The minimum atomic E-state index is -0.773. The summed E-state index contributed by atoms with van der Waals surface area (Å²) in [6, 6.07) is 0.722. The molecule has 1 fully saturated rings. The first-order valence-corrected chi connectivity index (χ1v) is 7.18. The minimum absolute atomic E-state index is 0.688. The van der Waals surface area contributed by atoms with Gasteiger partial charge in [-0.1, -0.05) is 19.8 Å². The second-order valence-electron chi connectivity index (χ2n) is 5.69. The standard InChI is InChI=1S/C14H28N2O2/c1-4-15-14(2,13(17)18)10-7-11-16(3)12-8-5-6-9-12/h12,15H,4-11H2,1-3H3,(H,17,18). The predicted octanol–water partition coefficient (Wildman–Crippen LogP) is 2.09. The number of hydrogen-bond donors (Lipinski definition) is 2. The van der Waals surface area contributed by atoms with E-state index < -0.39 is 11.5 Å². The van der Waals surface area contributed by atoms with Crippen molar-refractivity contribution in [2.24, 2.45) is 0 Å². The molecular formula is C14H28N2O2. The van der Waals surface area contributed by atoms with E-state index in [0.29, 0.717) is 13.0 Å². The quantitative estimate of drug-likeness (QED) is 0.698. The van der Waals surface area contributed by atoms with Crippen LogP contribution in [0.5, 0.6) is 0 Å². The third-order valence-electron chi connectivity index (χ3n) is 4.17. The first kappa shape index (κ1) is 15.4. The molecule has 0 aromatic heterocycles. The number of hydrogen-bond acceptors (Lipinski definition) is 3. The summed E-state index contributed by atoms with van der Waals surface area (Å²) in [6.45, 7) is 5.43. The number of rotatable bonds is 8. The zero-order valence-corrected chi connectivity index (χ0v) is 12.0. The highest BCUT2D eigenvalue weighted by Crippen LogP contribution is 2.23. The smallest absolute Gasteiger partial charge is 0.323 e. The largest absolute Gasteiger partial charge is 0.480 e.